The van der Waals surface area contributed by atoms with Crippen molar-refractivity contribution in [3.63, 3.8) is 0 Å². The highest BCUT2D eigenvalue weighted by Crippen LogP contribution is 2.31. The summed E-state index contributed by atoms with van der Waals surface area (Å²) in [6.45, 7) is 2.91. The van der Waals surface area contributed by atoms with Gasteiger partial charge in [-0.1, -0.05) is 0 Å². The molecule has 136 valence electrons. The maximum absolute atomic E-state index is 12.6. The summed E-state index contributed by atoms with van der Waals surface area (Å²) in [4.78, 5) is 10.5. The molecule has 5 nitrogen and oxygen atoms in total. The van der Waals surface area contributed by atoms with E-state index in [2.05, 4.69) is 14.5 Å². The van der Waals surface area contributed by atoms with E-state index in [1.165, 1.54) is 6.07 Å². The number of anilines is 1. The van der Waals surface area contributed by atoms with Gasteiger partial charge >= 0.3 is 6.18 Å². The molecule has 0 saturated carbocycles. The van der Waals surface area contributed by atoms with Gasteiger partial charge in [0.15, 0.2) is 0 Å². The van der Waals surface area contributed by atoms with Gasteiger partial charge < -0.3 is 14.2 Å². The fourth-order valence-electron chi connectivity index (χ4n) is 3.17. The van der Waals surface area contributed by atoms with Gasteiger partial charge in [0.25, 0.3) is 0 Å². The molecule has 1 aliphatic heterocycles. The molecule has 0 amide bonds. The topological polar surface area (TPSA) is 43.2 Å². The Morgan fingerprint density at radius 1 is 1.20 bits per heavy atom. The number of halogens is 3. The van der Waals surface area contributed by atoms with Crippen molar-refractivity contribution in [1.29, 1.82) is 0 Å². The molecule has 0 unspecified atom stereocenters. The van der Waals surface area contributed by atoms with Crippen LogP contribution in [0.2, 0.25) is 0 Å². The van der Waals surface area contributed by atoms with Gasteiger partial charge in [-0.05, 0) is 25.0 Å². The number of nitrogens with zero attached hydrogens (tertiary/aromatic N) is 4. The Labute approximate surface area is 144 Å². The van der Waals surface area contributed by atoms with Crippen LogP contribution in [0.4, 0.5) is 19.0 Å². The second kappa shape index (κ2) is 7.43. The summed E-state index contributed by atoms with van der Waals surface area (Å²) in [7, 11) is 1.67. The summed E-state index contributed by atoms with van der Waals surface area (Å²) < 4.78 is 45.1. The van der Waals surface area contributed by atoms with E-state index in [1.54, 1.807) is 13.3 Å². The van der Waals surface area contributed by atoms with Crippen LogP contribution in [0.5, 0.6) is 0 Å². The number of piperidine rings is 1. The lowest BCUT2D eigenvalue weighted by atomic mass is 9.96. The minimum absolute atomic E-state index is 0.345. The first-order chi connectivity index (χ1) is 12.0. The third kappa shape index (κ3) is 4.12. The zero-order chi connectivity index (χ0) is 17.9. The maximum Gasteiger partial charge on any atom is 0.417 e. The number of hydrogen-bond acceptors (Lipinski definition) is 4. The van der Waals surface area contributed by atoms with E-state index in [0.717, 1.165) is 50.6 Å². The van der Waals surface area contributed by atoms with Gasteiger partial charge in [-0.2, -0.15) is 13.2 Å². The van der Waals surface area contributed by atoms with Crippen molar-refractivity contribution in [2.75, 3.05) is 31.7 Å². The number of hydrogen-bond donors (Lipinski definition) is 0. The van der Waals surface area contributed by atoms with Crippen LogP contribution in [0.15, 0.2) is 30.7 Å². The van der Waals surface area contributed by atoms with Crippen LogP contribution < -0.4 is 4.90 Å². The van der Waals surface area contributed by atoms with Crippen molar-refractivity contribution in [1.82, 2.24) is 14.5 Å². The Morgan fingerprint density at radius 2 is 1.96 bits per heavy atom. The van der Waals surface area contributed by atoms with E-state index in [1.807, 2.05) is 11.1 Å². The molecule has 25 heavy (non-hydrogen) atoms. The van der Waals surface area contributed by atoms with E-state index in [4.69, 9.17) is 4.74 Å². The predicted octanol–water partition coefficient (Wildman–Crippen LogP) is 3.33. The molecule has 0 spiro atoms. The summed E-state index contributed by atoms with van der Waals surface area (Å²) in [6, 6.07) is 2.54. The van der Waals surface area contributed by atoms with Crippen molar-refractivity contribution in [2.24, 2.45) is 0 Å². The van der Waals surface area contributed by atoms with Gasteiger partial charge in [-0.15, -0.1) is 0 Å². The van der Waals surface area contributed by atoms with Gasteiger partial charge in [0.2, 0.25) is 0 Å². The quantitative estimate of drug-likeness (QED) is 0.826. The zero-order valence-corrected chi connectivity index (χ0v) is 14.0. The predicted molar refractivity (Wildman–Crippen MR) is 87.5 cm³/mol. The molecule has 2 aromatic rings. The van der Waals surface area contributed by atoms with Crippen molar-refractivity contribution in [3.8, 4) is 0 Å². The summed E-state index contributed by atoms with van der Waals surface area (Å²) >= 11 is 0. The SMILES string of the molecule is COCCn1ccnc1C1CCN(c2ccc(C(F)(F)F)cn2)CC1. The van der Waals surface area contributed by atoms with Crippen LogP contribution in [0.3, 0.4) is 0 Å². The van der Waals surface area contributed by atoms with E-state index >= 15 is 0 Å². The molecule has 1 aliphatic rings. The molecule has 3 heterocycles. The maximum atomic E-state index is 12.6. The molecular formula is C17H21F3N4O. The Morgan fingerprint density at radius 3 is 2.56 bits per heavy atom. The number of rotatable bonds is 5. The molecular weight excluding hydrogens is 333 g/mol. The summed E-state index contributed by atoms with van der Waals surface area (Å²) in [5, 5.41) is 0. The largest absolute Gasteiger partial charge is 0.417 e. The molecule has 0 N–H and O–H groups in total. The summed E-state index contributed by atoms with van der Waals surface area (Å²) in [5.74, 6) is 1.99. The van der Waals surface area contributed by atoms with Gasteiger partial charge in [-0.25, -0.2) is 9.97 Å². The fraction of sp³-hybridized carbons (Fsp3) is 0.529. The first kappa shape index (κ1) is 17.7. The molecule has 0 radical (unpaired) electrons. The van der Waals surface area contributed by atoms with Gasteiger partial charge in [0.05, 0.1) is 12.2 Å². The zero-order valence-electron chi connectivity index (χ0n) is 14.0. The van der Waals surface area contributed by atoms with E-state index in [9.17, 15) is 13.2 Å². The highest BCUT2D eigenvalue weighted by atomic mass is 19.4. The Balaban J connectivity index is 1.61. The average Bonchev–Trinajstić information content (AvgIpc) is 3.08. The highest BCUT2D eigenvalue weighted by molar-refractivity contribution is 5.40. The minimum atomic E-state index is -4.35. The van der Waals surface area contributed by atoms with Crippen LogP contribution >= 0.6 is 0 Å². The van der Waals surface area contributed by atoms with Crippen molar-refractivity contribution < 1.29 is 17.9 Å². The molecule has 1 saturated heterocycles. The van der Waals surface area contributed by atoms with Crippen molar-refractivity contribution >= 4 is 5.82 Å². The minimum Gasteiger partial charge on any atom is -0.383 e. The number of ether oxygens (including phenoxy) is 1. The Bertz CT molecular complexity index is 676. The van der Waals surface area contributed by atoms with Gasteiger partial charge in [-0.3, -0.25) is 0 Å². The third-order valence-corrected chi connectivity index (χ3v) is 4.54. The monoisotopic (exact) mass is 354 g/mol. The smallest absolute Gasteiger partial charge is 0.383 e. The van der Waals surface area contributed by atoms with Crippen LogP contribution in [0.25, 0.3) is 0 Å². The summed E-state index contributed by atoms with van der Waals surface area (Å²) in [5.41, 5.74) is -0.716. The number of pyridine rings is 1. The van der Waals surface area contributed by atoms with Crippen molar-refractivity contribution in [2.45, 2.75) is 31.5 Å². The van der Waals surface area contributed by atoms with Crippen LogP contribution in [-0.4, -0.2) is 41.3 Å². The van der Waals surface area contributed by atoms with Crippen LogP contribution in [0.1, 0.15) is 30.1 Å². The van der Waals surface area contributed by atoms with E-state index < -0.39 is 11.7 Å². The van der Waals surface area contributed by atoms with Gasteiger partial charge in [0, 0.05) is 51.3 Å². The second-order valence-corrected chi connectivity index (χ2v) is 6.14. The first-order valence-corrected chi connectivity index (χ1v) is 8.27. The Kier molecular flexibility index (Phi) is 5.27. The molecule has 0 aromatic carbocycles. The normalized spacial score (nSPS) is 16.4. The second-order valence-electron chi connectivity index (χ2n) is 6.14. The van der Waals surface area contributed by atoms with Crippen molar-refractivity contribution in [3.05, 3.63) is 42.1 Å². The lowest BCUT2D eigenvalue weighted by molar-refractivity contribution is -0.137. The third-order valence-electron chi connectivity index (χ3n) is 4.54. The van der Waals surface area contributed by atoms with E-state index in [-0.39, 0.29) is 0 Å². The highest BCUT2D eigenvalue weighted by Gasteiger charge is 2.31. The molecule has 0 atom stereocenters. The fourth-order valence-corrected chi connectivity index (χ4v) is 3.17. The average molecular weight is 354 g/mol. The Hall–Kier alpha value is -2.09. The molecule has 0 aliphatic carbocycles. The first-order valence-electron chi connectivity index (χ1n) is 8.27. The summed E-state index contributed by atoms with van der Waals surface area (Å²) in [6.07, 6.45) is 2.10. The van der Waals surface area contributed by atoms with Gasteiger partial charge in [0.1, 0.15) is 11.6 Å². The lowest BCUT2D eigenvalue weighted by Gasteiger charge is -2.32. The molecule has 3 rings (SSSR count). The van der Waals surface area contributed by atoms with Crippen LogP contribution in [0, 0.1) is 0 Å². The number of methoxy groups -OCH3 is 1. The number of aromatic nitrogens is 3. The molecule has 8 heteroatoms. The van der Waals surface area contributed by atoms with Crippen LogP contribution in [-0.2, 0) is 17.5 Å². The molecule has 1 fully saturated rings. The number of imidazole rings is 1. The molecule has 0 bridgehead atoms. The molecule has 2 aromatic heterocycles. The lowest BCUT2D eigenvalue weighted by Crippen LogP contribution is -2.34. The number of alkyl halides is 3. The van der Waals surface area contributed by atoms with E-state index in [0.29, 0.717) is 18.3 Å². The standard InChI is InChI=1S/C17H21F3N4O/c1-25-11-10-24-9-6-21-16(24)13-4-7-23(8-5-13)15-3-2-14(12-22-15)17(18,19)20/h2-3,6,9,12-13H,4-5,7-8,10-11H2,1H3.